The minimum atomic E-state index is -0.345. The van der Waals surface area contributed by atoms with Crippen molar-refractivity contribution in [3.05, 3.63) is 0 Å². The van der Waals surface area contributed by atoms with E-state index in [4.69, 9.17) is 0 Å². The molecule has 0 saturated carbocycles. The second kappa shape index (κ2) is 5.48. The van der Waals surface area contributed by atoms with E-state index >= 15 is 0 Å². The summed E-state index contributed by atoms with van der Waals surface area (Å²) in [4.78, 5) is 20.2. The van der Waals surface area contributed by atoms with Gasteiger partial charge in [-0.1, -0.05) is 6.92 Å². The van der Waals surface area contributed by atoms with E-state index in [0.717, 1.165) is 0 Å². The topological polar surface area (TPSA) is 34.1 Å². The Morgan fingerprint density at radius 1 is 1.38 bits per heavy atom. The van der Waals surface area contributed by atoms with Crippen LogP contribution >= 0.6 is 0 Å². The Morgan fingerprint density at radius 3 is 1.75 bits per heavy atom. The Labute approximate surface area is 70.9 Å². The normalized spacial score (nSPS) is 7.25. The molecule has 0 saturated heterocycles. The van der Waals surface area contributed by atoms with Crippen molar-refractivity contribution in [2.45, 2.75) is 20.3 Å². The van der Waals surface area contributed by atoms with E-state index in [-0.39, 0.29) is 41.1 Å². The molecule has 0 amide bonds. The smallest absolute Gasteiger partial charge is 0.291 e. The summed E-state index contributed by atoms with van der Waals surface area (Å²) < 4.78 is 0. The van der Waals surface area contributed by atoms with Crippen LogP contribution in [0, 0.1) is 0 Å². The zero-order valence-corrected chi connectivity index (χ0v) is 7.52. The number of hydrogen-bond donors (Lipinski definition) is 0. The average Bonchev–Trinajstić information content (AvgIpc) is 1.65. The van der Waals surface area contributed by atoms with Crippen molar-refractivity contribution in [3.8, 4) is 0 Å². The van der Waals surface area contributed by atoms with Gasteiger partial charge in [0.05, 0.1) is 0 Å². The van der Waals surface area contributed by atoms with Gasteiger partial charge in [0, 0.05) is 13.3 Å². The molecule has 0 aromatic heterocycles. The number of hydrogen-bond acceptors (Lipinski definition) is 2. The van der Waals surface area contributed by atoms with E-state index in [9.17, 15) is 9.59 Å². The first-order chi connectivity index (χ1) is 3.18. The van der Waals surface area contributed by atoms with Crippen molar-refractivity contribution < 1.29 is 39.1 Å². The zero-order valence-electron chi connectivity index (χ0n) is 5.52. The molecule has 8 heavy (non-hydrogen) atoms. The summed E-state index contributed by atoms with van der Waals surface area (Å²) >= 11 is 0. The Bertz CT molecular complexity index is 98.6. The fourth-order valence-corrected chi connectivity index (χ4v) is 0.249. The van der Waals surface area contributed by atoms with Gasteiger partial charge in [0.25, 0.3) is 0 Å². The van der Waals surface area contributed by atoms with E-state index in [0.29, 0.717) is 6.42 Å². The first-order valence-electron chi connectivity index (χ1n) is 2.22. The Hall–Kier alpha value is 0.340. The van der Waals surface area contributed by atoms with Crippen LogP contribution in [0.5, 0.6) is 0 Å². The van der Waals surface area contributed by atoms with Crippen LogP contribution in [0.1, 0.15) is 20.3 Å². The molecule has 0 aliphatic carbocycles. The molecule has 0 spiro atoms. The van der Waals surface area contributed by atoms with Gasteiger partial charge in [-0.25, -0.2) is 0 Å². The van der Waals surface area contributed by atoms with Crippen LogP contribution in [-0.4, -0.2) is 11.6 Å². The van der Waals surface area contributed by atoms with Crippen LogP contribution in [0.2, 0.25) is 0 Å². The summed E-state index contributed by atoms with van der Waals surface area (Å²) in [5, 5.41) is 0. The molecule has 0 aromatic rings. The van der Waals surface area contributed by atoms with Crippen molar-refractivity contribution in [1.29, 1.82) is 0 Å². The maximum Gasteiger partial charge on any atom is 1.00 e. The Balaban J connectivity index is 0. The fourth-order valence-electron chi connectivity index (χ4n) is 0.249. The maximum absolute atomic E-state index is 10.2. The Kier molecular flexibility index (Phi) is 7.65. The van der Waals surface area contributed by atoms with Gasteiger partial charge in [-0.2, -0.15) is 0 Å². The molecule has 0 radical (unpaired) electrons. The van der Waals surface area contributed by atoms with Crippen molar-refractivity contribution in [2.75, 3.05) is 0 Å². The van der Waals surface area contributed by atoms with E-state index in [1.54, 1.807) is 6.92 Å². The van der Waals surface area contributed by atoms with Gasteiger partial charge in [0.15, 0.2) is 11.6 Å². The molecule has 0 aliphatic heterocycles. The number of carbonyl (C=O) groups excluding carboxylic acids is 2. The van der Waals surface area contributed by atoms with Crippen LogP contribution < -0.4 is 29.6 Å². The number of ketones is 2. The zero-order chi connectivity index (χ0) is 5.86. The molecule has 2 nitrogen and oxygen atoms in total. The van der Waals surface area contributed by atoms with Crippen molar-refractivity contribution >= 4 is 11.6 Å². The largest absolute Gasteiger partial charge is 1.00 e. The summed E-state index contributed by atoms with van der Waals surface area (Å²) in [6.07, 6.45) is 0.329. The molecule has 0 rings (SSSR count). The van der Waals surface area contributed by atoms with Crippen LogP contribution in [0.15, 0.2) is 0 Å². The van der Waals surface area contributed by atoms with Gasteiger partial charge in [0.2, 0.25) is 0 Å². The molecule has 0 bridgehead atoms. The number of Topliss-reactive ketones (excluding diaryl/α,β-unsaturated/α-hetero) is 2. The van der Waals surface area contributed by atoms with E-state index < -0.39 is 0 Å². The van der Waals surface area contributed by atoms with Crippen LogP contribution in [0.4, 0.5) is 0 Å². The summed E-state index contributed by atoms with van der Waals surface area (Å²) in [7, 11) is 0. The molecule has 40 valence electrons. The number of rotatable bonds is 2. The van der Waals surface area contributed by atoms with E-state index in [1.807, 2.05) is 0 Å². The van der Waals surface area contributed by atoms with Gasteiger partial charge in [-0.05, 0) is 0 Å². The molecule has 0 unspecified atom stereocenters. The minimum absolute atomic E-state index is 0. The van der Waals surface area contributed by atoms with E-state index in [1.165, 1.54) is 6.92 Å². The van der Waals surface area contributed by atoms with Gasteiger partial charge in [0.1, 0.15) is 0 Å². The molecule has 0 atom stereocenters. The molecule has 0 heterocycles. The van der Waals surface area contributed by atoms with E-state index in [2.05, 4.69) is 0 Å². The summed E-state index contributed by atoms with van der Waals surface area (Å²) in [6.45, 7) is 2.95. The van der Waals surface area contributed by atoms with Crippen molar-refractivity contribution in [2.24, 2.45) is 0 Å². The predicted molar refractivity (Wildman–Crippen MR) is 26.0 cm³/mol. The molecule has 3 heteroatoms. The monoisotopic (exact) mass is 123 g/mol. The third-order valence-electron chi connectivity index (χ3n) is 0.714. The Morgan fingerprint density at radius 2 is 1.75 bits per heavy atom. The number of carbonyl (C=O) groups is 2. The summed E-state index contributed by atoms with van der Waals surface area (Å²) in [5.41, 5.74) is 0. The van der Waals surface area contributed by atoms with Crippen molar-refractivity contribution in [1.82, 2.24) is 0 Å². The predicted octanol–water partition coefficient (Wildman–Crippen LogP) is -2.44. The second-order valence-corrected chi connectivity index (χ2v) is 1.33. The SMILES string of the molecule is CCC(=O)C(C)=O.[Na+]. The molecule has 0 aromatic carbocycles. The molecule has 0 aliphatic rings. The van der Waals surface area contributed by atoms with Crippen LogP contribution in [0.25, 0.3) is 0 Å². The second-order valence-electron chi connectivity index (χ2n) is 1.33. The summed E-state index contributed by atoms with van der Waals surface area (Å²) in [6, 6.07) is 0. The molecular formula is C5H8NaO2+. The molecule has 0 fully saturated rings. The third kappa shape index (κ3) is 4.50. The minimum Gasteiger partial charge on any atom is -0.291 e. The van der Waals surface area contributed by atoms with Gasteiger partial charge >= 0.3 is 29.6 Å². The first kappa shape index (κ1) is 11.2. The van der Waals surface area contributed by atoms with Crippen LogP contribution in [-0.2, 0) is 9.59 Å². The van der Waals surface area contributed by atoms with Gasteiger partial charge in [-0.3, -0.25) is 9.59 Å². The summed E-state index contributed by atoms with van der Waals surface area (Å²) in [5.74, 6) is -0.637. The van der Waals surface area contributed by atoms with Gasteiger partial charge in [-0.15, -0.1) is 0 Å². The van der Waals surface area contributed by atoms with Gasteiger partial charge < -0.3 is 0 Å². The third-order valence-corrected chi connectivity index (χ3v) is 0.714. The van der Waals surface area contributed by atoms with Crippen molar-refractivity contribution in [3.63, 3.8) is 0 Å². The standard InChI is InChI=1S/C5H8O2.Na/c1-3-5(7)4(2)6;/h3H2,1-2H3;/q;+1. The first-order valence-corrected chi connectivity index (χ1v) is 2.22. The molecular weight excluding hydrogens is 115 g/mol. The maximum atomic E-state index is 10.2. The van der Waals surface area contributed by atoms with Crippen LogP contribution in [0.3, 0.4) is 0 Å². The quantitative estimate of drug-likeness (QED) is 0.302. The molecule has 0 N–H and O–H groups in total. The average molecular weight is 123 g/mol. The fraction of sp³-hybridized carbons (Fsp3) is 0.600.